The zero-order chi connectivity index (χ0) is 17.9. The van der Waals surface area contributed by atoms with Crippen molar-refractivity contribution in [3.05, 3.63) is 46.9 Å². The van der Waals surface area contributed by atoms with E-state index in [1.807, 2.05) is 0 Å². The van der Waals surface area contributed by atoms with Gasteiger partial charge in [-0.15, -0.1) is 0 Å². The molecule has 2 aliphatic heterocycles. The Kier molecular flexibility index (Phi) is 3.46. The van der Waals surface area contributed by atoms with Gasteiger partial charge in [0.15, 0.2) is 11.6 Å². The highest BCUT2D eigenvalue weighted by Gasteiger charge is 2.45. The summed E-state index contributed by atoms with van der Waals surface area (Å²) in [4.78, 5) is 11.3. The van der Waals surface area contributed by atoms with Crippen LogP contribution in [0.3, 0.4) is 0 Å². The first-order valence-electron chi connectivity index (χ1n) is 9.40. The Bertz CT molecular complexity index is 874. The number of nitrogens with zero attached hydrogens (tertiary/aromatic N) is 3. The standard InChI is InChI=1S/C20H22F2N4/c1-12-2-4-14-16(12)19(25-11-24-14)26-8-6-20(7-9-26)10-23-15-5-3-13(21)18(22)17(15)20/h3,5,11-12,23H,2,4,6-10H2,1H3. The Morgan fingerprint density at radius 1 is 1.19 bits per heavy atom. The SMILES string of the molecule is CC1CCc2ncnc(N3CCC4(CC3)CNc3ccc(F)c(F)c34)c21. The zero-order valence-electron chi connectivity index (χ0n) is 14.9. The van der Waals surface area contributed by atoms with Crippen LogP contribution in [0.2, 0.25) is 0 Å². The molecule has 1 aromatic carbocycles. The van der Waals surface area contributed by atoms with Crippen LogP contribution in [0.5, 0.6) is 0 Å². The molecular weight excluding hydrogens is 334 g/mol. The fourth-order valence-corrected chi connectivity index (χ4v) is 5.02. The number of nitrogens with one attached hydrogen (secondary N) is 1. The van der Waals surface area contributed by atoms with Gasteiger partial charge in [-0.1, -0.05) is 6.92 Å². The highest BCUT2D eigenvalue weighted by molar-refractivity contribution is 5.62. The summed E-state index contributed by atoms with van der Waals surface area (Å²) in [6.07, 6.45) is 5.39. The van der Waals surface area contributed by atoms with Crippen LogP contribution in [-0.4, -0.2) is 29.6 Å². The quantitative estimate of drug-likeness (QED) is 0.845. The molecule has 0 saturated carbocycles. The molecule has 3 aliphatic rings. The van der Waals surface area contributed by atoms with Crippen LogP contribution in [0, 0.1) is 11.6 Å². The molecule has 0 amide bonds. The van der Waals surface area contributed by atoms with E-state index in [-0.39, 0.29) is 5.41 Å². The summed E-state index contributed by atoms with van der Waals surface area (Å²) in [5, 5.41) is 3.28. The van der Waals surface area contributed by atoms with Gasteiger partial charge in [0, 0.05) is 47.6 Å². The topological polar surface area (TPSA) is 41.1 Å². The van der Waals surface area contributed by atoms with E-state index >= 15 is 0 Å². The number of halogens is 2. The molecule has 26 heavy (non-hydrogen) atoms. The first kappa shape index (κ1) is 16.0. The number of hydrogen-bond donors (Lipinski definition) is 1. The van der Waals surface area contributed by atoms with Crippen molar-refractivity contribution in [3.8, 4) is 0 Å². The van der Waals surface area contributed by atoms with Crippen LogP contribution < -0.4 is 10.2 Å². The highest BCUT2D eigenvalue weighted by Crippen LogP contribution is 2.47. The lowest BCUT2D eigenvalue weighted by Crippen LogP contribution is -2.45. The first-order valence-corrected chi connectivity index (χ1v) is 9.40. The van der Waals surface area contributed by atoms with Crippen LogP contribution in [0.1, 0.15) is 48.9 Å². The van der Waals surface area contributed by atoms with Crippen LogP contribution in [0.4, 0.5) is 20.3 Å². The maximum Gasteiger partial charge on any atom is 0.164 e. The average molecular weight is 356 g/mol. The maximum absolute atomic E-state index is 14.5. The van der Waals surface area contributed by atoms with E-state index in [4.69, 9.17) is 0 Å². The molecule has 3 heterocycles. The Labute approximate surface area is 151 Å². The molecule has 4 nitrogen and oxygen atoms in total. The van der Waals surface area contributed by atoms with Crippen molar-refractivity contribution in [2.75, 3.05) is 29.9 Å². The lowest BCUT2D eigenvalue weighted by atomic mass is 9.74. The van der Waals surface area contributed by atoms with E-state index in [9.17, 15) is 8.78 Å². The molecule has 5 rings (SSSR count). The lowest BCUT2D eigenvalue weighted by molar-refractivity contribution is 0.343. The van der Waals surface area contributed by atoms with E-state index in [1.165, 1.54) is 17.3 Å². The molecule has 0 bridgehead atoms. The van der Waals surface area contributed by atoms with Crippen molar-refractivity contribution in [3.63, 3.8) is 0 Å². The summed E-state index contributed by atoms with van der Waals surface area (Å²) >= 11 is 0. The summed E-state index contributed by atoms with van der Waals surface area (Å²) in [7, 11) is 0. The molecule has 1 saturated heterocycles. The van der Waals surface area contributed by atoms with Gasteiger partial charge in [-0.25, -0.2) is 18.7 Å². The second-order valence-electron chi connectivity index (χ2n) is 7.90. The van der Waals surface area contributed by atoms with Gasteiger partial charge in [-0.3, -0.25) is 0 Å². The number of rotatable bonds is 1. The number of benzene rings is 1. The number of aromatic nitrogens is 2. The molecule has 2 aromatic rings. The normalized spacial score (nSPS) is 23.0. The minimum atomic E-state index is -0.753. The number of piperidine rings is 1. The molecule has 1 aromatic heterocycles. The van der Waals surface area contributed by atoms with Crippen molar-refractivity contribution >= 4 is 11.5 Å². The predicted molar refractivity (Wildman–Crippen MR) is 96.7 cm³/mol. The summed E-state index contributed by atoms with van der Waals surface area (Å²) in [6.45, 7) is 4.51. The molecule has 1 atom stereocenters. The summed E-state index contributed by atoms with van der Waals surface area (Å²) < 4.78 is 28.4. The van der Waals surface area contributed by atoms with Crippen molar-refractivity contribution in [1.82, 2.24) is 9.97 Å². The average Bonchev–Trinajstić information content (AvgIpc) is 3.21. The summed E-state index contributed by atoms with van der Waals surface area (Å²) in [6, 6.07) is 2.87. The molecule has 1 spiro atoms. The number of hydrogen-bond acceptors (Lipinski definition) is 4. The third kappa shape index (κ3) is 2.17. The molecule has 1 N–H and O–H groups in total. The summed E-state index contributed by atoms with van der Waals surface area (Å²) in [5.74, 6) is 0.0902. The van der Waals surface area contributed by atoms with Gasteiger partial charge >= 0.3 is 0 Å². The second kappa shape index (κ2) is 5.63. The van der Waals surface area contributed by atoms with Gasteiger partial charge in [0.25, 0.3) is 0 Å². The minimum absolute atomic E-state index is 0.320. The highest BCUT2D eigenvalue weighted by atomic mass is 19.2. The van der Waals surface area contributed by atoms with Gasteiger partial charge in [0.2, 0.25) is 0 Å². The monoisotopic (exact) mass is 356 g/mol. The molecule has 1 unspecified atom stereocenters. The van der Waals surface area contributed by atoms with E-state index < -0.39 is 11.6 Å². The smallest absolute Gasteiger partial charge is 0.164 e. The van der Waals surface area contributed by atoms with Crippen LogP contribution >= 0.6 is 0 Å². The second-order valence-corrected chi connectivity index (χ2v) is 7.90. The molecule has 6 heteroatoms. The van der Waals surface area contributed by atoms with Crippen LogP contribution in [0.15, 0.2) is 18.5 Å². The van der Waals surface area contributed by atoms with Crippen LogP contribution in [0.25, 0.3) is 0 Å². The van der Waals surface area contributed by atoms with E-state index in [2.05, 4.69) is 27.1 Å². The molecule has 1 fully saturated rings. The van der Waals surface area contributed by atoms with E-state index in [0.29, 0.717) is 18.0 Å². The maximum atomic E-state index is 14.5. The Balaban J connectivity index is 1.44. The third-order valence-electron chi connectivity index (χ3n) is 6.51. The molecule has 1 aliphatic carbocycles. The van der Waals surface area contributed by atoms with Gasteiger partial charge < -0.3 is 10.2 Å². The van der Waals surface area contributed by atoms with E-state index in [1.54, 1.807) is 12.4 Å². The van der Waals surface area contributed by atoms with Gasteiger partial charge in [-0.2, -0.15) is 0 Å². The van der Waals surface area contributed by atoms with Gasteiger partial charge in [-0.05, 0) is 43.7 Å². The van der Waals surface area contributed by atoms with Crippen molar-refractivity contribution in [1.29, 1.82) is 0 Å². The van der Waals surface area contributed by atoms with Crippen molar-refractivity contribution < 1.29 is 8.78 Å². The Hall–Kier alpha value is -2.24. The largest absolute Gasteiger partial charge is 0.384 e. The number of fused-ring (bicyclic) bond motifs is 3. The minimum Gasteiger partial charge on any atom is -0.384 e. The number of anilines is 2. The van der Waals surface area contributed by atoms with E-state index in [0.717, 1.165) is 50.3 Å². The fourth-order valence-electron chi connectivity index (χ4n) is 5.02. The Morgan fingerprint density at radius 2 is 2.00 bits per heavy atom. The summed E-state index contributed by atoms with van der Waals surface area (Å²) in [5.41, 5.74) is 3.42. The van der Waals surface area contributed by atoms with Crippen molar-refractivity contribution in [2.24, 2.45) is 0 Å². The number of aryl methyl sites for hydroxylation is 1. The molecular formula is C20H22F2N4. The fraction of sp³-hybridized carbons (Fsp3) is 0.500. The molecule has 136 valence electrons. The van der Waals surface area contributed by atoms with Crippen molar-refractivity contribution in [2.45, 2.75) is 43.9 Å². The lowest BCUT2D eigenvalue weighted by Gasteiger charge is -2.40. The van der Waals surface area contributed by atoms with Crippen LogP contribution in [-0.2, 0) is 11.8 Å². The van der Waals surface area contributed by atoms with Gasteiger partial charge in [0.05, 0.1) is 0 Å². The first-order chi connectivity index (χ1) is 12.6. The third-order valence-corrected chi connectivity index (χ3v) is 6.51. The van der Waals surface area contributed by atoms with Gasteiger partial charge in [0.1, 0.15) is 12.1 Å². The molecule has 0 radical (unpaired) electrons. The Morgan fingerprint density at radius 3 is 2.81 bits per heavy atom. The zero-order valence-corrected chi connectivity index (χ0v) is 14.9. The predicted octanol–water partition coefficient (Wildman–Crippen LogP) is 3.77.